The molecule has 0 aliphatic rings. The van der Waals surface area contributed by atoms with Gasteiger partial charge in [0.1, 0.15) is 6.33 Å². The number of aromatic nitrogens is 3. The Kier molecular flexibility index (Phi) is 5.65. The number of amides is 2. The largest absolute Gasteiger partial charge is 0.326 e. The highest BCUT2D eigenvalue weighted by molar-refractivity contribution is 7.98. The van der Waals surface area contributed by atoms with Gasteiger partial charge in [0.05, 0.1) is 0 Å². The number of thioether (sulfide) groups is 1. The summed E-state index contributed by atoms with van der Waals surface area (Å²) in [4.78, 5) is 27.4. The van der Waals surface area contributed by atoms with Crippen molar-refractivity contribution in [3.63, 3.8) is 0 Å². The summed E-state index contributed by atoms with van der Waals surface area (Å²) in [6, 6.07) is 14.4. The van der Waals surface area contributed by atoms with E-state index in [1.807, 2.05) is 12.1 Å². The molecular formula is C18H17N5O2S. The van der Waals surface area contributed by atoms with Crippen molar-refractivity contribution >= 4 is 35.0 Å². The van der Waals surface area contributed by atoms with Crippen LogP contribution in [0.3, 0.4) is 0 Å². The molecule has 0 bridgehead atoms. The molecule has 1 aromatic heterocycles. The first-order valence-corrected chi connectivity index (χ1v) is 8.85. The molecule has 7 nitrogen and oxygen atoms in total. The standard InChI is InChI=1S/C18H17N5O2S/c1-12(24)21-15-6-8-16(9-7-15)22-17(25)14-4-2-13(3-5-14)10-26-18-19-11-20-23-18/h2-9,11H,10H2,1H3,(H,21,24)(H,22,25)(H,19,20,23). The predicted octanol–water partition coefficient (Wildman–Crippen LogP) is 3.31. The zero-order valence-corrected chi connectivity index (χ0v) is 14.8. The summed E-state index contributed by atoms with van der Waals surface area (Å²) >= 11 is 1.54. The fourth-order valence-electron chi connectivity index (χ4n) is 2.21. The van der Waals surface area contributed by atoms with Gasteiger partial charge in [0.15, 0.2) is 5.16 Å². The third-order valence-electron chi connectivity index (χ3n) is 3.45. The summed E-state index contributed by atoms with van der Waals surface area (Å²) in [6.07, 6.45) is 1.47. The van der Waals surface area contributed by atoms with E-state index in [0.29, 0.717) is 16.9 Å². The Bertz CT molecular complexity index is 877. The maximum atomic E-state index is 12.3. The fourth-order valence-corrected chi connectivity index (χ4v) is 2.95. The molecule has 3 aromatic rings. The van der Waals surface area contributed by atoms with Gasteiger partial charge in [-0.15, -0.1) is 0 Å². The van der Waals surface area contributed by atoms with Gasteiger partial charge in [0.2, 0.25) is 5.91 Å². The minimum atomic E-state index is -0.188. The number of carbonyl (C=O) groups is 2. The topological polar surface area (TPSA) is 99.8 Å². The zero-order chi connectivity index (χ0) is 18.4. The van der Waals surface area contributed by atoms with Crippen LogP contribution in [0.25, 0.3) is 0 Å². The molecule has 0 unspecified atom stereocenters. The van der Waals surface area contributed by atoms with Gasteiger partial charge in [-0.3, -0.25) is 14.7 Å². The number of aromatic amines is 1. The Balaban J connectivity index is 1.56. The highest BCUT2D eigenvalue weighted by Gasteiger charge is 2.07. The molecule has 0 atom stereocenters. The monoisotopic (exact) mass is 367 g/mol. The van der Waals surface area contributed by atoms with E-state index >= 15 is 0 Å². The van der Waals surface area contributed by atoms with Gasteiger partial charge in [-0.2, -0.15) is 5.10 Å². The van der Waals surface area contributed by atoms with Gasteiger partial charge >= 0.3 is 0 Å². The molecule has 3 N–H and O–H groups in total. The van der Waals surface area contributed by atoms with Crippen LogP contribution in [0.15, 0.2) is 60.0 Å². The number of rotatable bonds is 6. The fraction of sp³-hybridized carbons (Fsp3) is 0.111. The van der Waals surface area contributed by atoms with Crippen LogP contribution in [0.1, 0.15) is 22.8 Å². The molecule has 0 aliphatic carbocycles. The Morgan fingerprint density at radius 2 is 1.65 bits per heavy atom. The third-order valence-corrected chi connectivity index (χ3v) is 4.40. The highest BCUT2D eigenvalue weighted by atomic mass is 32.2. The lowest BCUT2D eigenvalue weighted by molar-refractivity contribution is -0.114. The van der Waals surface area contributed by atoms with Crippen molar-refractivity contribution in [3.05, 3.63) is 66.0 Å². The summed E-state index contributed by atoms with van der Waals surface area (Å²) in [7, 11) is 0. The average molecular weight is 367 g/mol. The molecular weight excluding hydrogens is 350 g/mol. The van der Waals surface area contributed by atoms with Crippen LogP contribution in [0, 0.1) is 0 Å². The molecule has 0 saturated heterocycles. The molecule has 8 heteroatoms. The summed E-state index contributed by atoms with van der Waals surface area (Å²) in [6.45, 7) is 1.45. The second-order valence-corrected chi connectivity index (χ2v) is 6.45. The summed E-state index contributed by atoms with van der Waals surface area (Å²) < 4.78 is 0. The molecule has 0 spiro atoms. The second-order valence-electron chi connectivity index (χ2n) is 5.49. The molecule has 0 fully saturated rings. The van der Waals surface area contributed by atoms with E-state index in [1.54, 1.807) is 48.2 Å². The van der Waals surface area contributed by atoms with E-state index in [2.05, 4.69) is 25.8 Å². The van der Waals surface area contributed by atoms with Gasteiger partial charge in [-0.25, -0.2) is 4.98 Å². The van der Waals surface area contributed by atoms with Crippen LogP contribution in [0.5, 0.6) is 0 Å². The first-order valence-electron chi connectivity index (χ1n) is 7.86. The number of hydrogen-bond acceptors (Lipinski definition) is 5. The van der Waals surface area contributed by atoms with E-state index in [4.69, 9.17) is 0 Å². The summed E-state index contributed by atoms with van der Waals surface area (Å²) in [5, 5.41) is 12.9. The smallest absolute Gasteiger partial charge is 0.255 e. The van der Waals surface area contributed by atoms with Crippen molar-refractivity contribution in [1.82, 2.24) is 15.2 Å². The van der Waals surface area contributed by atoms with E-state index in [0.717, 1.165) is 16.5 Å². The maximum absolute atomic E-state index is 12.3. The van der Waals surface area contributed by atoms with Crippen LogP contribution >= 0.6 is 11.8 Å². The molecule has 1 heterocycles. The Morgan fingerprint density at radius 1 is 1.00 bits per heavy atom. The van der Waals surface area contributed by atoms with Crippen molar-refractivity contribution < 1.29 is 9.59 Å². The number of carbonyl (C=O) groups excluding carboxylic acids is 2. The molecule has 3 rings (SSSR count). The van der Waals surface area contributed by atoms with E-state index in [1.165, 1.54) is 13.3 Å². The van der Waals surface area contributed by atoms with Crippen LogP contribution in [0.2, 0.25) is 0 Å². The highest BCUT2D eigenvalue weighted by Crippen LogP contribution is 2.19. The van der Waals surface area contributed by atoms with Gasteiger partial charge in [-0.1, -0.05) is 23.9 Å². The lowest BCUT2D eigenvalue weighted by Gasteiger charge is -2.07. The van der Waals surface area contributed by atoms with Crippen molar-refractivity contribution in [1.29, 1.82) is 0 Å². The zero-order valence-electron chi connectivity index (χ0n) is 14.0. The van der Waals surface area contributed by atoms with Gasteiger partial charge in [0, 0.05) is 29.6 Å². The van der Waals surface area contributed by atoms with Gasteiger partial charge < -0.3 is 10.6 Å². The van der Waals surface area contributed by atoms with E-state index < -0.39 is 0 Å². The molecule has 2 amide bonds. The number of hydrogen-bond donors (Lipinski definition) is 3. The van der Waals surface area contributed by atoms with Crippen LogP contribution in [-0.2, 0) is 10.5 Å². The first-order chi connectivity index (χ1) is 12.6. The minimum Gasteiger partial charge on any atom is -0.326 e. The number of nitrogens with zero attached hydrogens (tertiary/aromatic N) is 2. The normalized spacial score (nSPS) is 10.3. The quantitative estimate of drug-likeness (QED) is 0.581. The van der Waals surface area contributed by atoms with Crippen LogP contribution in [-0.4, -0.2) is 27.0 Å². The second kappa shape index (κ2) is 8.30. The average Bonchev–Trinajstić information content (AvgIpc) is 3.15. The SMILES string of the molecule is CC(=O)Nc1ccc(NC(=O)c2ccc(CSc3ncn[nH]3)cc2)cc1. The summed E-state index contributed by atoms with van der Waals surface area (Å²) in [5.41, 5.74) is 3.00. The molecule has 132 valence electrons. The maximum Gasteiger partial charge on any atom is 0.255 e. The van der Waals surface area contributed by atoms with Crippen molar-refractivity contribution in [2.45, 2.75) is 17.8 Å². The minimum absolute atomic E-state index is 0.136. The Morgan fingerprint density at radius 3 is 2.23 bits per heavy atom. The third kappa shape index (κ3) is 4.93. The van der Waals surface area contributed by atoms with Gasteiger partial charge in [-0.05, 0) is 42.0 Å². The van der Waals surface area contributed by atoms with Crippen LogP contribution < -0.4 is 10.6 Å². The van der Waals surface area contributed by atoms with Crippen molar-refractivity contribution in [3.8, 4) is 0 Å². The molecule has 0 aliphatic heterocycles. The Labute approximate surface area is 154 Å². The van der Waals surface area contributed by atoms with E-state index in [9.17, 15) is 9.59 Å². The van der Waals surface area contributed by atoms with Crippen molar-refractivity contribution in [2.24, 2.45) is 0 Å². The lowest BCUT2D eigenvalue weighted by Crippen LogP contribution is -2.12. The summed E-state index contributed by atoms with van der Waals surface area (Å²) in [5.74, 6) is 0.414. The molecule has 0 radical (unpaired) electrons. The lowest BCUT2D eigenvalue weighted by atomic mass is 10.1. The molecule has 2 aromatic carbocycles. The van der Waals surface area contributed by atoms with Crippen molar-refractivity contribution in [2.75, 3.05) is 10.6 Å². The van der Waals surface area contributed by atoms with Crippen LogP contribution in [0.4, 0.5) is 11.4 Å². The number of H-pyrrole nitrogens is 1. The number of nitrogens with one attached hydrogen (secondary N) is 3. The number of anilines is 2. The first kappa shape index (κ1) is 17.7. The Hall–Kier alpha value is -3.13. The molecule has 26 heavy (non-hydrogen) atoms. The van der Waals surface area contributed by atoms with Gasteiger partial charge in [0.25, 0.3) is 5.91 Å². The number of benzene rings is 2. The molecule has 0 saturated carbocycles. The predicted molar refractivity (Wildman–Crippen MR) is 101 cm³/mol. The van der Waals surface area contributed by atoms with E-state index in [-0.39, 0.29) is 11.8 Å².